The van der Waals surface area contributed by atoms with E-state index in [0.717, 1.165) is 39.9 Å². The first kappa shape index (κ1) is 14.8. The highest BCUT2D eigenvalue weighted by molar-refractivity contribution is 5.95. The van der Waals surface area contributed by atoms with E-state index in [1.807, 2.05) is 44.2 Å². The van der Waals surface area contributed by atoms with Crippen LogP contribution in [0.2, 0.25) is 0 Å². The third kappa shape index (κ3) is 2.77. The Morgan fingerprint density at radius 2 is 1.86 bits per heavy atom. The molecule has 0 saturated heterocycles. The highest BCUT2D eigenvalue weighted by Crippen LogP contribution is 2.34. The number of aliphatic hydroxyl groups is 1. The van der Waals surface area contributed by atoms with Crippen LogP contribution in [0.1, 0.15) is 40.3 Å². The van der Waals surface area contributed by atoms with E-state index in [0.29, 0.717) is 12.8 Å². The number of aliphatic hydroxyl groups excluding tert-OH is 1. The number of carbonyl (C=O) groups is 1. The molecule has 1 unspecified atom stereocenters. The van der Waals surface area contributed by atoms with Crippen LogP contribution in [0.5, 0.6) is 0 Å². The molecule has 22 heavy (non-hydrogen) atoms. The van der Waals surface area contributed by atoms with Gasteiger partial charge in [-0.3, -0.25) is 4.79 Å². The molecule has 3 nitrogen and oxygen atoms in total. The molecule has 0 fully saturated rings. The zero-order valence-electron chi connectivity index (χ0n) is 13.0. The molecule has 2 N–H and O–H groups in total. The molecule has 1 atom stereocenters. The SMILES string of the molecule is Cc1c(C(O)Cc2ccccc2)cc2c(c1C)NC(=O)CC2. The number of rotatable bonds is 3. The van der Waals surface area contributed by atoms with Gasteiger partial charge in [0.15, 0.2) is 0 Å². The number of hydrogen-bond acceptors (Lipinski definition) is 2. The number of anilines is 1. The minimum Gasteiger partial charge on any atom is -0.388 e. The van der Waals surface area contributed by atoms with Crippen molar-refractivity contribution in [1.29, 1.82) is 0 Å². The van der Waals surface area contributed by atoms with E-state index in [1.54, 1.807) is 0 Å². The summed E-state index contributed by atoms with van der Waals surface area (Å²) in [6.45, 7) is 4.03. The average Bonchev–Trinajstić information content (AvgIpc) is 2.52. The lowest BCUT2D eigenvalue weighted by Crippen LogP contribution is -2.21. The summed E-state index contributed by atoms with van der Waals surface area (Å²) in [5, 5.41) is 13.6. The van der Waals surface area contributed by atoms with Crippen molar-refractivity contribution in [2.45, 2.75) is 39.2 Å². The fourth-order valence-electron chi connectivity index (χ4n) is 3.13. The molecule has 0 bridgehead atoms. The van der Waals surface area contributed by atoms with Gasteiger partial charge in [0.1, 0.15) is 0 Å². The van der Waals surface area contributed by atoms with Gasteiger partial charge in [-0.05, 0) is 48.1 Å². The smallest absolute Gasteiger partial charge is 0.224 e. The maximum Gasteiger partial charge on any atom is 0.224 e. The molecule has 0 spiro atoms. The van der Waals surface area contributed by atoms with Crippen molar-refractivity contribution in [3.05, 3.63) is 64.2 Å². The third-order valence-electron chi connectivity index (χ3n) is 4.54. The highest BCUT2D eigenvalue weighted by atomic mass is 16.3. The van der Waals surface area contributed by atoms with Crippen molar-refractivity contribution in [1.82, 2.24) is 0 Å². The van der Waals surface area contributed by atoms with Gasteiger partial charge in [0.25, 0.3) is 0 Å². The number of amides is 1. The van der Waals surface area contributed by atoms with Crippen molar-refractivity contribution < 1.29 is 9.90 Å². The first-order valence-corrected chi connectivity index (χ1v) is 7.71. The second-order valence-electron chi connectivity index (χ2n) is 6.00. The zero-order chi connectivity index (χ0) is 15.7. The number of hydrogen-bond donors (Lipinski definition) is 2. The molecule has 0 aliphatic carbocycles. The number of benzene rings is 2. The first-order chi connectivity index (χ1) is 10.6. The average molecular weight is 295 g/mol. The maximum atomic E-state index is 11.6. The van der Waals surface area contributed by atoms with E-state index in [2.05, 4.69) is 11.4 Å². The number of fused-ring (bicyclic) bond motifs is 1. The van der Waals surface area contributed by atoms with E-state index in [1.165, 1.54) is 0 Å². The van der Waals surface area contributed by atoms with Gasteiger partial charge < -0.3 is 10.4 Å². The van der Waals surface area contributed by atoms with Crippen molar-refractivity contribution in [3.63, 3.8) is 0 Å². The number of nitrogens with one attached hydrogen (secondary N) is 1. The van der Waals surface area contributed by atoms with Crippen LogP contribution in [-0.2, 0) is 17.6 Å². The van der Waals surface area contributed by atoms with Crippen LogP contribution in [0.4, 0.5) is 5.69 Å². The second-order valence-corrected chi connectivity index (χ2v) is 6.00. The van der Waals surface area contributed by atoms with Crippen molar-refractivity contribution in [2.75, 3.05) is 5.32 Å². The number of aryl methyl sites for hydroxylation is 1. The van der Waals surface area contributed by atoms with Gasteiger partial charge in [-0.2, -0.15) is 0 Å². The lowest BCUT2D eigenvalue weighted by molar-refractivity contribution is -0.116. The van der Waals surface area contributed by atoms with Crippen molar-refractivity contribution in [3.8, 4) is 0 Å². The van der Waals surface area contributed by atoms with E-state index < -0.39 is 6.10 Å². The predicted octanol–water partition coefficient (Wildman–Crippen LogP) is 3.46. The lowest BCUT2D eigenvalue weighted by Gasteiger charge is -2.24. The molecule has 1 heterocycles. The normalized spacial score (nSPS) is 15.1. The molecule has 0 radical (unpaired) electrons. The summed E-state index contributed by atoms with van der Waals surface area (Å²) in [6.07, 6.45) is 1.34. The molecule has 3 heteroatoms. The van der Waals surface area contributed by atoms with Crippen LogP contribution in [0.25, 0.3) is 0 Å². The van der Waals surface area contributed by atoms with Crippen LogP contribution in [-0.4, -0.2) is 11.0 Å². The summed E-state index contributed by atoms with van der Waals surface area (Å²) >= 11 is 0. The summed E-state index contributed by atoms with van der Waals surface area (Å²) in [4.78, 5) is 11.6. The van der Waals surface area contributed by atoms with Gasteiger partial charge >= 0.3 is 0 Å². The minimum atomic E-state index is -0.524. The fourth-order valence-corrected chi connectivity index (χ4v) is 3.13. The Balaban J connectivity index is 1.94. The quantitative estimate of drug-likeness (QED) is 0.911. The van der Waals surface area contributed by atoms with Gasteiger partial charge in [-0.15, -0.1) is 0 Å². The van der Waals surface area contributed by atoms with Crippen LogP contribution in [0.15, 0.2) is 36.4 Å². The Bertz CT molecular complexity index is 707. The minimum absolute atomic E-state index is 0.0765. The van der Waals surface area contributed by atoms with Crippen LogP contribution in [0.3, 0.4) is 0 Å². The van der Waals surface area contributed by atoms with E-state index in [9.17, 15) is 9.90 Å². The van der Waals surface area contributed by atoms with Crippen molar-refractivity contribution in [2.24, 2.45) is 0 Å². The molecule has 1 amide bonds. The Hall–Kier alpha value is -2.13. The molecule has 0 saturated carbocycles. The molecule has 0 aromatic heterocycles. The van der Waals surface area contributed by atoms with Gasteiger partial charge in [0.05, 0.1) is 6.10 Å². The summed E-state index contributed by atoms with van der Waals surface area (Å²) in [7, 11) is 0. The Morgan fingerprint density at radius 3 is 2.59 bits per heavy atom. The fraction of sp³-hybridized carbons (Fsp3) is 0.316. The molecule has 3 rings (SSSR count). The third-order valence-corrected chi connectivity index (χ3v) is 4.54. The first-order valence-electron chi connectivity index (χ1n) is 7.71. The highest BCUT2D eigenvalue weighted by Gasteiger charge is 2.22. The Morgan fingerprint density at radius 1 is 1.14 bits per heavy atom. The van der Waals surface area contributed by atoms with Crippen molar-refractivity contribution >= 4 is 11.6 Å². The second kappa shape index (κ2) is 5.93. The van der Waals surface area contributed by atoms with Gasteiger partial charge in [0, 0.05) is 18.5 Å². The van der Waals surface area contributed by atoms with Crippen LogP contribution < -0.4 is 5.32 Å². The molecule has 1 aliphatic rings. The summed E-state index contributed by atoms with van der Waals surface area (Å²) in [5.41, 5.74) is 6.28. The van der Waals surface area contributed by atoms with E-state index in [4.69, 9.17) is 0 Å². The molecular formula is C19H21NO2. The standard InChI is InChI=1S/C19H21NO2/c1-12-13(2)19-15(8-9-18(22)20-19)11-16(12)17(21)10-14-6-4-3-5-7-14/h3-7,11,17,21H,8-10H2,1-2H3,(H,20,22). The predicted molar refractivity (Wildman–Crippen MR) is 88.0 cm³/mol. The summed E-state index contributed by atoms with van der Waals surface area (Å²) < 4.78 is 0. The lowest BCUT2D eigenvalue weighted by atomic mass is 9.88. The largest absolute Gasteiger partial charge is 0.388 e. The van der Waals surface area contributed by atoms with E-state index in [-0.39, 0.29) is 5.91 Å². The monoisotopic (exact) mass is 295 g/mol. The Labute approximate surface area is 131 Å². The number of carbonyl (C=O) groups excluding carboxylic acids is 1. The summed E-state index contributed by atoms with van der Waals surface area (Å²) in [5.74, 6) is 0.0765. The van der Waals surface area contributed by atoms with Crippen LogP contribution >= 0.6 is 0 Å². The topological polar surface area (TPSA) is 49.3 Å². The van der Waals surface area contributed by atoms with E-state index >= 15 is 0 Å². The molecule has 2 aromatic carbocycles. The Kier molecular flexibility index (Phi) is 3.99. The molecule has 1 aliphatic heterocycles. The molecular weight excluding hydrogens is 274 g/mol. The zero-order valence-corrected chi connectivity index (χ0v) is 13.0. The van der Waals surface area contributed by atoms with Gasteiger partial charge in [-0.25, -0.2) is 0 Å². The summed E-state index contributed by atoms with van der Waals surface area (Å²) in [6, 6.07) is 12.1. The maximum absolute atomic E-state index is 11.6. The molecule has 2 aromatic rings. The molecule has 114 valence electrons. The van der Waals surface area contributed by atoms with Gasteiger partial charge in [0.2, 0.25) is 5.91 Å². The van der Waals surface area contributed by atoms with Crippen LogP contribution in [0, 0.1) is 13.8 Å². The van der Waals surface area contributed by atoms with Gasteiger partial charge in [-0.1, -0.05) is 36.4 Å².